The van der Waals surface area contributed by atoms with Gasteiger partial charge in [0.2, 0.25) is 0 Å². The van der Waals surface area contributed by atoms with Crippen LogP contribution in [0.15, 0.2) is 30.3 Å². The fourth-order valence-electron chi connectivity index (χ4n) is 1.69. The van der Waals surface area contributed by atoms with Gasteiger partial charge in [0.15, 0.2) is 0 Å². The van der Waals surface area contributed by atoms with Crippen LogP contribution >= 0.6 is 0 Å². The number of hydrogen-bond donors (Lipinski definition) is 2. The van der Waals surface area contributed by atoms with Crippen molar-refractivity contribution in [3.05, 3.63) is 35.9 Å². The second-order valence-electron chi connectivity index (χ2n) is 4.46. The lowest BCUT2D eigenvalue weighted by atomic mass is 9.94. The van der Waals surface area contributed by atoms with Crippen molar-refractivity contribution >= 4 is 0 Å². The van der Waals surface area contributed by atoms with Crippen LogP contribution in [0.2, 0.25) is 0 Å². The van der Waals surface area contributed by atoms with Crippen LogP contribution in [0.1, 0.15) is 38.7 Å². The number of rotatable bonds is 6. The highest BCUT2D eigenvalue weighted by Crippen LogP contribution is 2.18. The van der Waals surface area contributed by atoms with Crippen LogP contribution in [-0.2, 0) is 0 Å². The van der Waals surface area contributed by atoms with E-state index in [9.17, 15) is 5.11 Å². The largest absolute Gasteiger partial charge is 0.392 e. The minimum absolute atomic E-state index is 0.231. The predicted molar refractivity (Wildman–Crippen MR) is 68.6 cm³/mol. The lowest BCUT2D eigenvalue weighted by Crippen LogP contribution is -2.36. The van der Waals surface area contributed by atoms with Crippen LogP contribution in [0.5, 0.6) is 0 Å². The molecule has 2 N–H and O–H groups in total. The Labute approximate surface area is 98.7 Å². The van der Waals surface area contributed by atoms with Crippen molar-refractivity contribution in [1.82, 2.24) is 5.32 Å². The molecule has 0 amide bonds. The molecular weight excluding hydrogens is 198 g/mol. The molecule has 0 radical (unpaired) electrons. The molecule has 1 aromatic carbocycles. The standard InChI is InChI=1S/C14H23NO/c1-4-14(16)10-15-12(3)11(2)13-8-6-5-7-9-13/h5-9,11-12,14-16H,4,10H2,1-3H3/t11-,12-,14+/m1/s1. The summed E-state index contributed by atoms with van der Waals surface area (Å²) in [5.74, 6) is 0.463. The molecule has 2 heteroatoms. The number of aliphatic hydroxyl groups excluding tert-OH is 1. The van der Waals surface area contributed by atoms with E-state index < -0.39 is 0 Å². The summed E-state index contributed by atoms with van der Waals surface area (Å²) in [6.07, 6.45) is 0.574. The Bertz CT molecular complexity index is 286. The summed E-state index contributed by atoms with van der Waals surface area (Å²) in [7, 11) is 0. The molecule has 0 aliphatic heterocycles. The summed E-state index contributed by atoms with van der Waals surface area (Å²) >= 11 is 0. The van der Waals surface area contributed by atoms with Crippen molar-refractivity contribution in [2.45, 2.75) is 45.3 Å². The maximum Gasteiger partial charge on any atom is 0.0662 e. The minimum atomic E-state index is -0.231. The summed E-state index contributed by atoms with van der Waals surface area (Å²) < 4.78 is 0. The number of hydrogen-bond acceptors (Lipinski definition) is 2. The van der Waals surface area contributed by atoms with Gasteiger partial charge in [0.05, 0.1) is 6.10 Å². The van der Waals surface area contributed by atoms with E-state index in [0.29, 0.717) is 18.5 Å². The summed E-state index contributed by atoms with van der Waals surface area (Å²) in [4.78, 5) is 0. The van der Waals surface area contributed by atoms with E-state index >= 15 is 0 Å². The van der Waals surface area contributed by atoms with E-state index in [0.717, 1.165) is 6.42 Å². The van der Waals surface area contributed by atoms with Crippen molar-refractivity contribution in [2.75, 3.05) is 6.54 Å². The maximum atomic E-state index is 9.50. The Balaban J connectivity index is 2.45. The third kappa shape index (κ3) is 3.95. The minimum Gasteiger partial charge on any atom is -0.392 e. The molecule has 3 atom stereocenters. The summed E-state index contributed by atoms with van der Waals surface area (Å²) in [5, 5.41) is 12.9. The fraction of sp³-hybridized carbons (Fsp3) is 0.571. The third-order valence-corrected chi connectivity index (χ3v) is 3.22. The molecule has 0 unspecified atom stereocenters. The third-order valence-electron chi connectivity index (χ3n) is 3.22. The molecule has 16 heavy (non-hydrogen) atoms. The Morgan fingerprint density at radius 3 is 2.38 bits per heavy atom. The Morgan fingerprint density at radius 2 is 1.81 bits per heavy atom. The predicted octanol–water partition coefficient (Wildman–Crippen LogP) is 2.54. The lowest BCUT2D eigenvalue weighted by molar-refractivity contribution is 0.162. The van der Waals surface area contributed by atoms with Gasteiger partial charge >= 0.3 is 0 Å². The molecule has 0 aliphatic rings. The molecule has 0 fully saturated rings. The molecule has 0 bridgehead atoms. The van der Waals surface area contributed by atoms with Crippen molar-refractivity contribution in [2.24, 2.45) is 0 Å². The van der Waals surface area contributed by atoms with Crippen LogP contribution in [-0.4, -0.2) is 23.8 Å². The molecule has 0 aromatic heterocycles. The van der Waals surface area contributed by atoms with Gasteiger partial charge in [0, 0.05) is 12.6 Å². The first-order valence-electron chi connectivity index (χ1n) is 6.11. The van der Waals surface area contributed by atoms with Crippen molar-refractivity contribution in [1.29, 1.82) is 0 Å². The van der Waals surface area contributed by atoms with Crippen LogP contribution in [0.25, 0.3) is 0 Å². The highest BCUT2D eigenvalue weighted by atomic mass is 16.3. The lowest BCUT2D eigenvalue weighted by Gasteiger charge is -2.23. The average Bonchev–Trinajstić information content (AvgIpc) is 2.35. The molecule has 0 saturated heterocycles. The van der Waals surface area contributed by atoms with Gasteiger partial charge in [0.1, 0.15) is 0 Å². The van der Waals surface area contributed by atoms with Crippen LogP contribution in [0.3, 0.4) is 0 Å². The quantitative estimate of drug-likeness (QED) is 0.773. The Morgan fingerprint density at radius 1 is 1.19 bits per heavy atom. The first-order chi connectivity index (χ1) is 7.65. The molecule has 90 valence electrons. The fourth-order valence-corrected chi connectivity index (χ4v) is 1.69. The van der Waals surface area contributed by atoms with E-state index in [1.165, 1.54) is 5.56 Å². The molecule has 0 spiro atoms. The van der Waals surface area contributed by atoms with Crippen LogP contribution in [0, 0.1) is 0 Å². The molecular formula is C14H23NO. The molecule has 0 aliphatic carbocycles. The summed E-state index contributed by atoms with van der Waals surface area (Å²) in [6.45, 7) is 7.05. The van der Waals surface area contributed by atoms with Gasteiger partial charge in [-0.05, 0) is 24.8 Å². The highest BCUT2D eigenvalue weighted by molar-refractivity contribution is 5.20. The average molecular weight is 221 g/mol. The first-order valence-corrected chi connectivity index (χ1v) is 6.11. The normalized spacial score (nSPS) is 16.8. The van der Waals surface area contributed by atoms with Crippen LogP contribution < -0.4 is 5.32 Å². The van der Waals surface area contributed by atoms with E-state index in [1.54, 1.807) is 0 Å². The number of benzene rings is 1. The van der Waals surface area contributed by atoms with Crippen LogP contribution in [0.4, 0.5) is 0 Å². The van der Waals surface area contributed by atoms with Gasteiger partial charge in [-0.25, -0.2) is 0 Å². The van der Waals surface area contributed by atoms with Crippen molar-refractivity contribution in [3.8, 4) is 0 Å². The van der Waals surface area contributed by atoms with Gasteiger partial charge in [-0.2, -0.15) is 0 Å². The highest BCUT2D eigenvalue weighted by Gasteiger charge is 2.14. The molecule has 0 heterocycles. The monoisotopic (exact) mass is 221 g/mol. The van der Waals surface area contributed by atoms with Crippen molar-refractivity contribution in [3.63, 3.8) is 0 Å². The zero-order chi connectivity index (χ0) is 12.0. The molecule has 0 saturated carbocycles. The number of aliphatic hydroxyl groups is 1. The maximum absolute atomic E-state index is 9.50. The summed E-state index contributed by atoms with van der Waals surface area (Å²) in [5.41, 5.74) is 1.34. The van der Waals surface area contributed by atoms with E-state index in [2.05, 4.69) is 43.4 Å². The zero-order valence-electron chi connectivity index (χ0n) is 10.5. The SMILES string of the molecule is CC[C@H](O)CN[C@H](C)[C@@H](C)c1ccccc1. The zero-order valence-corrected chi connectivity index (χ0v) is 10.5. The van der Waals surface area contributed by atoms with E-state index in [4.69, 9.17) is 0 Å². The smallest absolute Gasteiger partial charge is 0.0662 e. The van der Waals surface area contributed by atoms with E-state index in [1.807, 2.05) is 13.0 Å². The second-order valence-corrected chi connectivity index (χ2v) is 4.46. The Kier molecular flexibility index (Phi) is 5.50. The van der Waals surface area contributed by atoms with Gasteiger partial charge in [-0.3, -0.25) is 0 Å². The Hall–Kier alpha value is -0.860. The van der Waals surface area contributed by atoms with E-state index in [-0.39, 0.29) is 6.10 Å². The second kappa shape index (κ2) is 6.66. The molecule has 1 rings (SSSR count). The van der Waals surface area contributed by atoms with Gasteiger partial charge in [-0.1, -0.05) is 44.2 Å². The van der Waals surface area contributed by atoms with Gasteiger partial charge in [0.25, 0.3) is 0 Å². The van der Waals surface area contributed by atoms with Crippen molar-refractivity contribution < 1.29 is 5.11 Å². The van der Waals surface area contributed by atoms with Gasteiger partial charge in [-0.15, -0.1) is 0 Å². The first kappa shape index (κ1) is 13.2. The summed E-state index contributed by atoms with van der Waals surface area (Å²) in [6, 6.07) is 10.9. The molecule has 2 nitrogen and oxygen atoms in total. The molecule has 1 aromatic rings. The topological polar surface area (TPSA) is 32.3 Å². The van der Waals surface area contributed by atoms with Gasteiger partial charge < -0.3 is 10.4 Å². The number of nitrogens with one attached hydrogen (secondary N) is 1.